The first-order valence-corrected chi connectivity index (χ1v) is 5.98. The van der Waals surface area contributed by atoms with Gasteiger partial charge in [0, 0.05) is 5.02 Å². The van der Waals surface area contributed by atoms with Gasteiger partial charge in [0.15, 0.2) is 17.2 Å². The highest BCUT2D eigenvalue weighted by Crippen LogP contribution is 2.16. The minimum atomic E-state index is -0.0199. The maximum atomic E-state index is 8.92. The lowest BCUT2D eigenvalue weighted by Crippen LogP contribution is -2.13. The van der Waals surface area contributed by atoms with Crippen LogP contribution in [0.5, 0.6) is 0 Å². The molecule has 0 aliphatic heterocycles. The van der Waals surface area contributed by atoms with Gasteiger partial charge in [0.05, 0.1) is 11.4 Å². The van der Waals surface area contributed by atoms with E-state index in [-0.39, 0.29) is 11.4 Å². The number of aromatic nitrogens is 2. The Hall–Kier alpha value is -2.83. The number of benzene rings is 1. The van der Waals surface area contributed by atoms with Gasteiger partial charge in [-0.2, -0.15) is 10.5 Å². The first-order valence-electron chi connectivity index (χ1n) is 5.60. The van der Waals surface area contributed by atoms with Crippen molar-refractivity contribution in [3.63, 3.8) is 0 Å². The van der Waals surface area contributed by atoms with Crippen LogP contribution in [-0.4, -0.2) is 9.97 Å². The van der Waals surface area contributed by atoms with Gasteiger partial charge in [-0.05, 0) is 25.1 Å². The summed E-state index contributed by atoms with van der Waals surface area (Å²) in [7, 11) is 0. The zero-order valence-electron chi connectivity index (χ0n) is 10.5. The van der Waals surface area contributed by atoms with Gasteiger partial charge in [-0.1, -0.05) is 17.7 Å². The topological polar surface area (TPSA) is 97.4 Å². The van der Waals surface area contributed by atoms with E-state index in [1.165, 1.54) is 0 Å². The van der Waals surface area contributed by atoms with Crippen molar-refractivity contribution in [3.8, 4) is 12.1 Å². The Morgan fingerprint density at radius 1 is 1.10 bits per heavy atom. The Bertz CT molecular complexity index is 729. The predicted octanol–water partition coefficient (Wildman–Crippen LogP) is 2.62. The molecule has 0 saturated carbocycles. The van der Waals surface area contributed by atoms with Crippen LogP contribution < -0.4 is 10.9 Å². The molecule has 0 unspecified atom stereocenters. The standard InChI is InChI=1S/C13H9ClN6/c1-8-13(18-12(7-16)11(6-15)17-8)20-19-10-4-2-3-9(14)5-10/h2-5,19H,1H3,(H,18,20). The molecule has 2 rings (SSSR count). The zero-order valence-corrected chi connectivity index (χ0v) is 11.2. The van der Waals surface area contributed by atoms with E-state index in [2.05, 4.69) is 20.8 Å². The lowest BCUT2D eigenvalue weighted by Gasteiger charge is -2.11. The van der Waals surface area contributed by atoms with Gasteiger partial charge in [-0.15, -0.1) is 0 Å². The number of nitriles is 2. The Balaban J connectivity index is 2.22. The highest BCUT2D eigenvalue weighted by Gasteiger charge is 2.10. The first-order chi connectivity index (χ1) is 9.63. The minimum Gasteiger partial charge on any atom is -0.300 e. The van der Waals surface area contributed by atoms with Crippen molar-refractivity contribution in [2.24, 2.45) is 0 Å². The molecule has 6 nitrogen and oxygen atoms in total. The van der Waals surface area contributed by atoms with Crippen molar-refractivity contribution >= 4 is 23.1 Å². The van der Waals surface area contributed by atoms with Crippen LogP contribution >= 0.6 is 11.6 Å². The van der Waals surface area contributed by atoms with E-state index in [1.807, 2.05) is 18.2 Å². The lowest BCUT2D eigenvalue weighted by atomic mass is 10.3. The molecule has 0 atom stereocenters. The molecule has 0 radical (unpaired) electrons. The van der Waals surface area contributed by atoms with Gasteiger partial charge in [-0.3, -0.25) is 10.9 Å². The molecule has 0 aliphatic rings. The van der Waals surface area contributed by atoms with Crippen molar-refractivity contribution in [1.29, 1.82) is 10.5 Å². The Morgan fingerprint density at radius 3 is 2.45 bits per heavy atom. The third-order valence-corrected chi connectivity index (χ3v) is 2.67. The molecular weight excluding hydrogens is 276 g/mol. The molecule has 7 heteroatoms. The second-order valence-corrected chi connectivity index (χ2v) is 4.28. The second-order valence-electron chi connectivity index (χ2n) is 3.84. The largest absolute Gasteiger partial charge is 0.300 e. The summed E-state index contributed by atoms with van der Waals surface area (Å²) >= 11 is 5.87. The van der Waals surface area contributed by atoms with Crippen LogP contribution in [-0.2, 0) is 0 Å². The molecule has 0 bridgehead atoms. The van der Waals surface area contributed by atoms with Crippen molar-refractivity contribution < 1.29 is 0 Å². The average molecular weight is 285 g/mol. The number of nitrogens with zero attached hydrogens (tertiary/aromatic N) is 4. The number of hydrogen-bond acceptors (Lipinski definition) is 6. The summed E-state index contributed by atoms with van der Waals surface area (Å²) in [5.41, 5.74) is 6.98. The summed E-state index contributed by atoms with van der Waals surface area (Å²) in [5, 5.41) is 18.4. The van der Waals surface area contributed by atoms with E-state index in [0.717, 1.165) is 5.69 Å². The van der Waals surface area contributed by atoms with Crippen molar-refractivity contribution in [2.45, 2.75) is 6.92 Å². The van der Waals surface area contributed by atoms with E-state index in [0.29, 0.717) is 16.5 Å². The third-order valence-electron chi connectivity index (χ3n) is 2.43. The summed E-state index contributed by atoms with van der Waals surface area (Å²) in [5.74, 6) is 0.375. The molecule has 1 heterocycles. The van der Waals surface area contributed by atoms with E-state index in [4.69, 9.17) is 22.1 Å². The molecule has 0 aliphatic carbocycles. The molecule has 2 aromatic rings. The Labute approximate surface area is 120 Å². The summed E-state index contributed by atoms with van der Waals surface area (Å²) in [6.45, 7) is 1.69. The quantitative estimate of drug-likeness (QED) is 0.841. The number of aryl methyl sites for hydroxylation is 1. The summed E-state index contributed by atoms with van der Waals surface area (Å²) in [6, 6.07) is 10.8. The molecule has 2 N–H and O–H groups in total. The number of nitrogens with one attached hydrogen (secondary N) is 2. The molecule has 0 saturated heterocycles. The van der Waals surface area contributed by atoms with Crippen LogP contribution in [0.15, 0.2) is 24.3 Å². The maximum Gasteiger partial charge on any atom is 0.179 e. The number of halogens is 1. The summed E-state index contributed by atoms with van der Waals surface area (Å²) < 4.78 is 0. The van der Waals surface area contributed by atoms with Gasteiger partial charge in [0.2, 0.25) is 0 Å². The molecule has 0 fully saturated rings. The number of hydrazine groups is 1. The van der Waals surface area contributed by atoms with Gasteiger partial charge in [0.25, 0.3) is 0 Å². The van der Waals surface area contributed by atoms with Gasteiger partial charge < -0.3 is 0 Å². The Morgan fingerprint density at radius 2 is 1.80 bits per heavy atom. The van der Waals surface area contributed by atoms with E-state index in [1.54, 1.807) is 25.1 Å². The maximum absolute atomic E-state index is 8.92. The van der Waals surface area contributed by atoms with Crippen LogP contribution in [0, 0.1) is 29.6 Å². The van der Waals surface area contributed by atoms with Crippen molar-refractivity contribution in [1.82, 2.24) is 9.97 Å². The van der Waals surface area contributed by atoms with Crippen LogP contribution in [0.1, 0.15) is 17.1 Å². The molecule has 1 aromatic carbocycles. The second kappa shape index (κ2) is 5.87. The van der Waals surface area contributed by atoms with Gasteiger partial charge >= 0.3 is 0 Å². The number of anilines is 2. The highest BCUT2D eigenvalue weighted by atomic mass is 35.5. The fourth-order valence-electron chi connectivity index (χ4n) is 1.49. The fraction of sp³-hybridized carbons (Fsp3) is 0.0769. The average Bonchev–Trinajstić information content (AvgIpc) is 2.45. The molecule has 1 aromatic heterocycles. The minimum absolute atomic E-state index is 0.0123. The van der Waals surface area contributed by atoms with Crippen LogP contribution in [0.25, 0.3) is 0 Å². The zero-order chi connectivity index (χ0) is 14.5. The highest BCUT2D eigenvalue weighted by molar-refractivity contribution is 6.30. The van der Waals surface area contributed by atoms with Crippen molar-refractivity contribution in [3.05, 3.63) is 46.4 Å². The summed E-state index contributed by atoms with van der Waals surface area (Å²) in [6.07, 6.45) is 0. The Kier molecular flexibility index (Phi) is 3.99. The molecular formula is C13H9ClN6. The van der Waals surface area contributed by atoms with Gasteiger partial charge in [-0.25, -0.2) is 9.97 Å². The van der Waals surface area contributed by atoms with Crippen molar-refractivity contribution in [2.75, 3.05) is 10.9 Å². The smallest absolute Gasteiger partial charge is 0.179 e. The van der Waals surface area contributed by atoms with E-state index >= 15 is 0 Å². The molecule has 20 heavy (non-hydrogen) atoms. The summed E-state index contributed by atoms with van der Waals surface area (Å²) in [4.78, 5) is 8.06. The monoisotopic (exact) mass is 284 g/mol. The SMILES string of the molecule is Cc1nc(C#N)c(C#N)nc1NNc1cccc(Cl)c1. The van der Waals surface area contributed by atoms with E-state index < -0.39 is 0 Å². The molecule has 98 valence electrons. The van der Waals surface area contributed by atoms with Crippen LogP contribution in [0.2, 0.25) is 5.02 Å². The predicted molar refractivity (Wildman–Crippen MR) is 74.9 cm³/mol. The molecule has 0 amide bonds. The number of rotatable bonds is 3. The van der Waals surface area contributed by atoms with Crippen LogP contribution in [0.3, 0.4) is 0 Å². The first kappa shape index (κ1) is 13.6. The molecule has 0 spiro atoms. The van der Waals surface area contributed by atoms with Crippen LogP contribution in [0.4, 0.5) is 11.5 Å². The lowest BCUT2D eigenvalue weighted by molar-refractivity contribution is 1.06. The van der Waals surface area contributed by atoms with E-state index in [9.17, 15) is 0 Å². The third kappa shape index (κ3) is 2.94. The fourth-order valence-corrected chi connectivity index (χ4v) is 1.68. The number of hydrogen-bond donors (Lipinski definition) is 2. The van der Waals surface area contributed by atoms with Gasteiger partial charge in [0.1, 0.15) is 12.1 Å². The normalized spacial score (nSPS) is 9.40.